The SMILES string of the molecule is CNC(=O)[C@@H](NC(=O)c1nc(-c2ccccc2)n2c1CCOCC2)C(C)(C)C. The largest absolute Gasteiger partial charge is 0.379 e. The highest BCUT2D eigenvalue weighted by Gasteiger charge is 2.34. The molecule has 7 heteroatoms. The van der Waals surface area contributed by atoms with Crippen LogP contribution in [-0.4, -0.2) is 47.7 Å². The molecule has 2 aromatic rings. The minimum absolute atomic E-state index is 0.224. The molecule has 2 heterocycles. The predicted molar refractivity (Wildman–Crippen MR) is 107 cm³/mol. The summed E-state index contributed by atoms with van der Waals surface area (Å²) in [6.45, 7) is 7.52. The highest BCUT2D eigenvalue weighted by molar-refractivity contribution is 5.97. The Hall–Kier alpha value is -2.67. The van der Waals surface area contributed by atoms with Crippen LogP contribution in [0.2, 0.25) is 0 Å². The molecule has 1 aromatic carbocycles. The van der Waals surface area contributed by atoms with Gasteiger partial charge in [0.25, 0.3) is 5.91 Å². The third-order valence-corrected chi connectivity index (χ3v) is 4.91. The van der Waals surface area contributed by atoms with Gasteiger partial charge in [0.1, 0.15) is 17.6 Å². The number of likely N-dealkylation sites (N-methyl/N-ethyl adjacent to an activating group) is 1. The summed E-state index contributed by atoms with van der Waals surface area (Å²) in [5.41, 5.74) is 1.72. The minimum atomic E-state index is -0.662. The number of aromatic nitrogens is 2. The Morgan fingerprint density at radius 1 is 1.18 bits per heavy atom. The molecular formula is C21H28N4O3. The molecule has 0 spiro atoms. The molecule has 150 valence electrons. The van der Waals surface area contributed by atoms with Crippen molar-refractivity contribution in [3.8, 4) is 11.4 Å². The molecule has 2 amide bonds. The Kier molecular flexibility index (Phi) is 5.84. The zero-order valence-electron chi connectivity index (χ0n) is 16.9. The Labute approximate surface area is 165 Å². The number of carbonyl (C=O) groups excluding carboxylic acids is 2. The van der Waals surface area contributed by atoms with E-state index >= 15 is 0 Å². The van der Waals surface area contributed by atoms with Crippen molar-refractivity contribution in [1.29, 1.82) is 0 Å². The van der Waals surface area contributed by atoms with E-state index in [1.54, 1.807) is 7.05 Å². The molecule has 0 aliphatic carbocycles. The quantitative estimate of drug-likeness (QED) is 0.845. The molecular weight excluding hydrogens is 356 g/mol. The smallest absolute Gasteiger partial charge is 0.272 e. The molecule has 0 radical (unpaired) electrons. The summed E-state index contributed by atoms with van der Waals surface area (Å²) in [5, 5.41) is 5.52. The van der Waals surface area contributed by atoms with Gasteiger partial charge in [0.15, 0.2) is 0 Å². The molecule has 0 fully saturated rings. The first-order chi connectivity index (χ1) is 13.3. The minimum Gasteiger partial charge on any atom is -0.379 e. The summed E-state index contributed by atoms with van der Waals surface area (Å²) in [6, 6.07) is 9.14. The standard InChI is InChI=1S/C21H28N4O3/c1-21(2,3)17(20(27)22-4)24-19(26)16-15-10-12-28-13-11-25(15)18(23-16)14-8-6-5-7-9-14/h5-9,17H,10-13H2,1-4H3,(H,22,27)(H,24,26)/t17-/m1/s1. The number of ether oxygens (including phenoxy) is 1. The van der Waals surface area contributed by atoms with Crippen LogP contribution in [0.4, 0.5) is 0 Å². The second kappa shape index (κ2) is 8.14. The molecule has 28 heavy (non-hydrogen) atoms. The molecule has 0 unspecified atom stereocenters. The zero-order chi connectivity index (χ0) is 20.3. The number of hydrogen-bond acceptors (Lipinski definition) is 4. The van der Waals surface area contributed by atoms with Gasteiger partial charge in [-0.2, -0.15) is 0 Å². The molecule has 0 saturated heterocycles. The average molecular weight is 384 g/mol. The summed E-state index contributed by atoms with van der Waals surface area (Å²) >= 11 is 0. The first-order valence-electron chi connectivity index (χ1n) is 9.58. The lowest BCUT2D eigenvalue weighted by Gasteiger charge is -2.29. The normalized spacial score (nSPS) is 15.3. The van der Waals surface area contributed by atoms with E-state index in [0.29, 0.717) is 31.9 Å². The molecule has 3 rings (SSSR count). The number of nitrogens with zero attached hydrogens (tertiary/aromatic N) is 2. The van der Waals surface area contributed by atoms with Crippen LogP contribution in [0.3, 0.4) is 0 Å². The fraction of sp³-hybridized carbons (Fsp3) is 0.476. The number of hydrogen-bond donors (Lipinski definition) is 2. The maximum atomic E-state index is 13.1. The number of carbonyl (C=O) groups is 2. The Bertz CT molecular complexity index is 853. The molecule has 1 aliphatic heterocycles. The van der Waals surface area contributed by atoms with Crippen LogP contribution < -0.4 is 10.6 Å². The summed E-state index contributed by atoms with van der Waals surface area (Å²) in [5.74, 6) is 0.188. The van der Waals surface area contributed by atoms with Crippen LogP contribution in [0.15, 0.2) is 30.3 Å². The van der Waals surface area contributed by atoms with Gasteiger partial charge in [-0.3, -0.25) is 9.59 Å². The van der Waals surface area contributed by atoms with Crippen LogP contribution in [0.5, 0.6) is 0 Å². The van der Waals surface area contributed by atoms with Gasteiger partial charge in [0.2, 0.25) is 5.91 Å². The van der Waals surface area contributed by atoms with Gasteiger partial charge in [0, 0.05) is 25.6 Å². The summed E-state index contributed by atoms with van der Waals surface area (Å²) in [6.07, 6.45) is 0.600. The second-order valence-electron chi connectivity index (χ2n) is 8.00. The monoisotopic (exact) mass is 384 g/mol. The molecule has 0 saturated carbocycles. The van der Waals surface area contributed by atoms with Crippen molar-refractivity contribution in [3.05, 3.63) is 41.7 Å². The average Bonchev–Trinajstić information content (AvgIpc) is 2.86. The van der Waals surface area contributed by atoms with Crippen molar-refractivity contribution in [2.75, 3.05) is 20.3 Å². The number of fused-ring (bicyclic) bond motifs is 1. The highest BCUT2D eigenvalue weighted by atomic mass is 16.5. The maximum absolute atomic E-state index is 13.1. The molecule has 1 atom stereocenters. The number of rotatable bonds is 4. The van der Waals surface area contributed by atoms with E-state index in [4.69, 9.17) is 4.74 Å². The zero-order valence-corrected chi connectivity index (χ0v) is 16.9. The second-order valence-corrected chi connectivity index (χ2v) is 8.00. The topological polar surface area (TPSA) is 85.3 Å². The van der Waals surface area contributed by atoms with Crippen molar-refractivity contribution in [2.24, 2.45) is 5.41 Å². The van der Waals surface area contributed by atoms with Gasteiger partial charge in [-0.25, -0.2) is 4.98 Å². The van der Waals surface area contributed by atoms with Gasteiger partial charge >= 0.3 is 0 Å². The van der Waals surface area contributed by atoms with E-state index in [1.165, 1.54) is 0 Å². The van der Waals surface area contributed by atoms with Crippen LogP contribution in [0.25, 0.3) is 11.4 Å². The van der Waals surface area contributed by atoms with Crippen LogP contribution in [0.1, 0.15) is 37.0 Å². The van der Waals surface area contributed by atoms with Crippen LogP contribution >= 0.6 is 0 Å². The third-order valence-electron chi connectivity index (χ3n) is 4.91. The Morgan fingerprint density at radius 2 is 1.89 bits per heavy atom. The summed E-state index contributed by atoms with van der Waals surface area (Å²) in [4.78, 5) is 30.2. The van der Waals surface area contributed by atoms with Crippen LogP contribution in [-0.2, 0) is 22.5 Å². The molecule has 7 nitrogen and oxygen atoms in total. The van der Waals surface area contributed by atoms with Crippen molar-refractivity contribution >= 4 is 11.8 Å². The van der Waals surface area contributed by atoms with Gasteiger partial charge < -0.3 is 19.9 Å². The first kappa shape index (κ1) is 20.1. The Balaban J connectivity index is 2.00. The van der Waals surface area contributed by atoms with Crippen LogP contribution in [0, 0.1) is 5.41 Å². The fourth-order valence-corrected chi connectivity index (χ4v) is 3.42. The molecule has 1 aliphatic rings. The van der Waals surface area contributed by atoms with E-state index in [1.807, 2.05) is 51.1 Å². The molecule has 2 N–H and O–H groups in total. The lowest BCUT2D eigenvalue weighted by atomic mass is 9.86. The van der Waals surface area contributed by atoms with E-state index in [2.05, 4.69) is 20.2 Å². The summed E-state index contributed by atoms with van der Waals surface area (Å²) in [7, 11) is 1.57. The number of benzene rings is 1. The first-order valence-corrected chi connectivity index (χ1v) is 9.58. The van der Waals surface area contributed by atoms with Crippen molar-refractivity contribution in [3.63, 3.8) is 0 Å². The third kappa shape index (κ3) is 4.09. The van der Waals surface area contributed by atoms with Gasteiger partial charge in [-0.05, 0) is 5.41 Å². The summed E-state index contributed by atoms with van der Waals surface area (Å²) < 4.78 is 7.67. The van der Waals surface area contributed by atoms with Crippen molar-refractivity contribution < 1.29 is 14.3 Å². The number of nitrogens with one attached hydrogen (secondary N) is 2. The predicted octanol–water partition coefficient (Wildman–Crippen LogP) is 2.01. The van der Waals surface area contributed by atoms with E-state index in [-0.39, 0.29) is 11.8 Å². The van der Waals surface area contributed by atoms with E-state index in [9.17, 15) is 9.59 Å². The van der Waals surface area contributed by atoms with Gasteiger partial charge in [-0.1, -0.05) is 51.1 Å². The van der Waals surface area contributed by atoms with Gasteiger partial charge in [0.05, 0.1) is 18.9 Å². The molecule has 0 bridgehead atoms. The highest BCUT2D eigenvalue weighted by Crippen LogP contribution is 2.26. The lowest BCUT2D eigenvalue weighted by molar-refractivity contribution is -0.124. The molecule has 1 aromatic heterocycles. The Morgan fingerprint density at radius 3 is 2.54 bits per heavy atom. The number of imidazole rings is 1. The fourth-order valence-electron chi connectivity index (χ4n) is 3.42. The number of amides is 2. The van der Waals surface area contributed by atoms with Crippen molar-refractivity contribution in [1.82, 2.24) is 20.2 Å². The van der Waals surface area contributed by atoms with Crippen molar-refractivity contribution in [2.45, 2.75) is 39.8 Å². The van der Waals surface area contributed by atoms with Gasteiger partial charge in [-0.15, -0.1) is 0 Å². The van der Waals surface area contributed by atoms with E-state index in [0.717, 1.165) is 17.1 Å². The van der Waals surface area contributed by atoms with E-state index < -0.39 is 11.5 Å². The lowest BCUT2D eigenvalue weighted by Crippen LogP contribution is -2.53. The maximum Gasteiger partial charge on any atom is 0.272 e.